The van der Waals surface area contributed by atoms with Crippen LogP contribution in [0.2, 0.25) is 0 Å². The molecule has 2 heterocycles. The first-order valence-electron chi connectivity index (χ1n) is 11.1. The first kappa shape index (κ1) is 28.3. The third-order valence-electron chi connectivity index (χ3n) is 4.87. The van der Waals surface area contributed by atoms with E-state index in [-0.39, 0.29) is 24.4 Å². The molecule has 2 aromatic heterocycles. The van der Waals surface area contributed by atoms with E-state index in [1.54, 1.807) is 33.0 Å². The normalized spacial score (nSPS) is 15.5. The maximum Gasteiger partial charge on any atom is 0.413 e. The molecule has 2 N–H and O–H groups in total. The largest absolute Gasteiger partial charge is 0.485 e. The maximum atomic E-state index is 14.0. The Balaban J connectivity index is 1.60. The van der Waals surface area contributed by atoms with Gasteiger partial charge in [0.05, 0.1) is 15.4 Å². The summed E-state index contributed by atoms with van der Waals surface area (Å²) < 4.78 is 32.9. The molecule has 0 saturated carbocycles. The third kappa shape index (κ3) is 8.41. The molecule has 0 aliphatic heterocycles. The summed E-state index contributed by atoms with van der Waals surface area (Å²) in [6.07, 6.45) is 5.24. The predicted molar refractivity (Wildman–Crippen MR) is 148 cm³/mol. The zero-order valence-corrected chi connectivity index (χ0v) is 24.3. The molecule has 0 saturated heterocycles. The van der Waals surface area contributed by atoms with E-state index in [1.807, 2.05) is 6.07 Å². The zero-order valence-electron chi connectivity index (χ0n) is 20.0. The van der Waals surface area contributed by atoms with E-state index in [4.69, 9.17) is 19.5 Å². The molecule has 0 spiro atoms. The first-order chi connectivity index (χ1) is 17.1. The minimum Gasteiger partial charge on any atom is -0.485 e. The van der Waals surface area contributed by atoms with E-state index in [2.05, 4.69) is 65.7 Å². The van der Waals surface area contributed by atoms with Crippen molar-refractivity contribution in [2.75, 3.05) is 18.5 Å². The van der Waals surface area contributed by atoms with E-state index in [0.717, 1.165) is 12.8 Å². The van der Waals surface area contributed by atoms with Gasteiger partial charge in [-0.05, 0) is 109 Å². The van der Waals surface area contributed by atoms with Crippen LogP contribution in [-0.4, -0.2) is 46.2 Å². The lowest BCUT2D eigenvalue weighted by molar-refractivity contribution is 0.0632. The van der Waals surface area contributed by atoms with Crippen molar-refractivity contribution in [3.8, 4) is 11.8 Å². The molecule has 12 heteroatoms. The van der Waals surface area contributed by atoms with E-state index in [1.165, 1.54) is 12.2 Å². The average molecular weight is 721 g/mol. The minimum atomic E-state index is -0.663. The zero-order chi connectivity index (χ0) is 26.3. The van der Waals surface area contributed by atoms with Gasteiger partial charge in [0.25, 0.3) is 0 Å². The van der Waals surface area contributed by atoms with Crippen molar-refractivity contribution < 1.29 is 23.4 Å². The summed E-state index contributed by atoms with van der Waals surface area (Å²) in [6.45, 7) is 5.79. The van der Waals surface area contributed by atoms with E-state index >= 15 is 0 Å². The van der Waals surface area contributed by atoms with Gasteiger partial charge in [-0.3, -0.25) is 10.4 Å². The number of rotatable bonds is 9. The summed E-state index contributed by atoms with van der Waals surface area (Å²) >= 11 is 4.19. The Labute approximate surface area is 236 Å². The highest BCUT2D eigenvalue weighted by Crippen LogP contribution is 2.28. The molecule has 0 bridgehead atoms. The van der Waals surface area contributed by atoms with Crippen LogP contribution in [-0.2, 0) is 15.9 Å². The smallest absolute Gasteiger partial charge is 0.413 e. The Kier molecular flexibility index (Phi) is 10.1. The van der Waals surface area contributed by atoms with Crippen LogP contribution in [0.4, 0.5) is 15.0 Å². The lowest BCUT2D eigenvalue weighted by Crippen LogP contribution is -2.28. The van der Waals surface area contributed by atoms with Crippen molar-refractivity contribution in [3.05, 3.63) is 54.3 Å². The van der Waals surface area contributed by atoms with Crippen molar-refractivity contribution in [2.45, 2.75) is 51.7 Å². The van der Waals surface area contributed by atoms with Crippen LogP contribution in [0.3, 0.4) is 0 Å². The number of carbonyl (C=O) groups is 1. The number of aryl methyl sites for hydroxylation is 1. The van der Waals surface area contributed by atoms with Gasteiger partial charge in [-0.1, -0.05) is 0 Å². The highest BCUT2D eigenvalue weighted by molar-refractivity contribution is 14.1. The number of hydrogen-bond acceptors (Lipinski definition) is 7. The molecule has 0 fully saturated rings. The summed E-state index contributed by atoms with van der Waals surface area (Å²) in [6, 6.07) is 3.77. The van der Waals surface area contributed by atoms with Gasteiger partial charge in [-0.2, -0.15) is 10.4 Å². The van der Waals surface area contributed by atoms with E-state index < -0.39 is 11.7 Å². The molecule has 1 aliphatic carbocycles. The van der Waals surface area contributed by atoms with Crippen molar-refractivity contribution in [1.82, 2.24) is 15.2 Å². The number of aromatic amines is 1. The summed E-state index contributed by atoms with van der Waals surface area (Å²) in [5, 5.41) is 18.5. The lowest BCUT2D eigenvalue weighted by atomic mass is 10.0. The second-order valence-electron chi connectivity index (χ2n) is 8.90. The van der Waals surface area contributed by atoms with Gasteiger partial charge in [-0.25, -0.2) is 14.2 Å². The maximum absolute atomic E-state index is 14.0. The molecule has 1 unspecified atom stereocenters. The molecular weight excluding hydrogens is 695 g/mol. The van der Waals surface area contributed by atoms with Gasteiger partial charge in [-0.15, -0.1) is 0 Å². The molecule has 2 aromatic rings. The number of nitriles is 1. The predicted octanol–water partition coefficient (Wildman–Crippen LogP) is 5.81. The van der Waals surface area contributed by atoms with Gasteiger partial charge >= 0.3 is 6.09 Å². The number of halogens is 3. The SMILES string of the molecule is CC(C)(C)OC(=O)Nc1ncc(I)cc1OCC1=CC(F)=CCC1OCCCc1[nH]nc(C#N)c1I. The molecule has 0 aromatic carbocycles. The molecule has 1 amide bonds. The standard InChI is InChI=1S/C24H26FI2N5O4/c1-24(2,3)36-23(33)30-22-20(10-16(26)12-29-22)35-13-14-9-15(25)6-7-19(14)34-8-4-5-17-21(27)18(11-28)32-31-17/h6,9-10,12,19H,4-5,7-8,13H2,1-3H3,(H,31,32)(H,29,30,33). The Bertz CT molecular complexity index is 1200. The number of nitrogens with zero attached hydrogens (tertiary/aromatic N) is 3. The topological polar surface area (TPSA) is 122 Å². The summed E-state index contributed by atoms with van der Waals surface area (Å²) in [4.78, 5) is 16.5. The Hall–Kier alpha value is -2.25. The highest BCUT2D eigenvalue weighted by atomic mass is 127. The number of nitrogens with one attached hydrogen (secondary N) is 2. The Morgan fingerprint density at radius 2 is 2.17 bits per heavy atom. The van der Waals surface area contributed by atoms with Crippen molar-refractivity contribution >= 4 is 57.1 Å². The van der Waals surface area contributed by atoms with Crippen LogP contribution >= 0.6 is 45.2 Å². The molecular formula is C24H26FI2N5O4. The van der Waals surface area contributed by atoms with Crippen molar-refractivity contribution in [2.24, 2.45) is 0 Å². The second kappa shape index (κ2) is 12.8. The van der Waals surface area contributed by atoms with E-state index in [0.29, 0.717) is 42.9 Å². The number of hydrogen-bond donors (Lipinski definition) is 2. The number of allylic oxidation sites excluding steroid dienone is 2. The first-order valence-corrected chi connectivity index (χ1v) is 13.3. The van der Waals surface area contributed by atoms with Crippen LogP contribution < -0.4 is 10.1 Å². The third-order valence-corrected chi connectivity index (χ3v) is 6.62. The average Bonchev–Trinajstić information content (AvgIpc) is 3.16. The fourth-order valence-corrected chi connectivity index (χ4v) is 4.33. The van der Waals surface area contributed by atoms with Crippen LogP contribution in [0.15, 0.2) is 35.8 Å². The van der Waals surface area contributed by atoms with Gasteiger partial charge in [0.2, 0.25) is 0 Å². The van der Waals surface area contributed by atoms with Crippen LogP contribution in [0, 0.1) is 18.5 Å². The minimum absolute atomic E-state index is 0.0562. The highest BCUT2D eigenvalue weighted by Gasteiger charge is 2.22. The fraction of sp³-hybridized carbons (Fsp3) is 0.417. The molecule has 1 aliphatic rings. The monoisotopic (exact) mass is 721 g/mol. The number of H-pyrrole nitrogens is 1. The fourth-order valence-electron chi connectivity index (χ4n) is 3.27. The molecule has 1 atom stereocenters. The molecule has 9 nitrogen and oxygen atoms in total. The second-order valence-corrected chi connectivity index (χ2v) is 11.2. The van der Waals surface area contributed by atoms with Crippen LogP contribution in [0.5, 0.6) is 5.75 Å². The lowest BCUT2D eigenvalue weighted by Gasteiger charge is -2.24. The van der Waals surface area contributed by atoms with Crippen LogP contribution in [0.25, 0.3) is 0 Å². The van der Waals surface area contributed by atoms with Gasteiger partial charge in [0.1, 0.15) is 24.1 Å². The number of aromatic nitrogens is 3. The van der Waals surface area contributed by atoms with Crippen molar-refractivity contribution in [3.63, 3.8) is 0 Å². The molecule has 36 heavy (non-hydrogen) atoms. The Morgan fingerprint density at radius 1 is 1.39 bits per heavy atom. The molecule has 3 rings (SSSR count). The Morgan fingerprint density at radius 3 is 2.86 bits per heavy atom. The number of anilines is 1. The number of pyridine rings is 1. The van der Waals surface area contributed by atoms with Gasteiger partial charge in [0.15, 0.2) is 17.3 Å². The quantitative estimate of drug-likeness (QED) is 0.248. The van der Waals surface area contributed by atoms with Crippen molar-refractivity contribution in [1.29, 1.82) is 5.26 Å². The molecule has 0 radical (unpaired) electrons. The number of carbonyl (C=O) groups excluding carboxylic acids is 1. The van der Waals surface area contributed by atoms with Crippen LogP contribution in [0.1, 0.15) is 45.0 Å². The van der Waals surface area contributed by atoms with E-state index in [9.17, 15) is 9.18 Å². The number of amides is 1. The molecule has 192 valence electrons. The number of ether oxygens (including phenoxy) is 3. The summed E-state index contributed by atoms with van der Waals surface area (Å²) in [5.74, 6) is 0.197. The van der Waals surface area contributed by atoms with Gasteiger partial charge in [0, 0.05) is 16.4 Å². The summed E-state index contributed by atoms with van der Waals surface area (Å²) in [7, 11) is 0. The van der Waals surface area contributed by atoms with Gasteiger partial charge < -0.3 is 14.2 Å². The summed E-state index contributed by atoms with van der Waals surface area (Å²) in [5.41, 5.74) is 1.25.